The minimum absolute atomic E-state index is 0.0628. The maximum atomic E-state index is 11.1. The van der Waals surface area contributed by atoms with Crippen LogP contribution in [0.25, 0.3) is 11.1 Å². The fraction of sp³-hybridized carbons (Fsp3) is 0.211. The summed E-state index contributed by atoms with van der Waals surface area (Å²) in [6.07, 6.45) is 0. The highest BCUT2D eigenvalue weighted by Gasteiger charge is 2.44. The molecule has 0 fully saturated rings. The van der Waals surface area contributed by atoms with Gasteiger partial charge in [-0.2, -0.15) is 0 Å². The normalized spacial score (nSPS) is 21.2. The highest BCUT2D eigenvalue weighted by atomic mass is 16.6. The van der Waals surface area contributed by atoms with Crippen LogP contribution in [0.2, 0.25) is 0 Å². The van der Waals surface area contributed by atoms with E-state index < -0.39 is 5.72 Å². The van der Waals surface area contributed by atoms with Crippen LogP contribution >= 0.6 is 0 Å². The first-order valence-corrected chi connectivity index (χ1v) is 7.76. The van der Waals surface area contributed by atoms with Gasteiger partial charge in [0, 0.05) is 34.1 Å². The molecule has 2 aliphatic rings. The lowest BCUT2D eigenvalue weighted by Crippen LogP contribution is -2.38. The first-order chi connectivity index (χ1) is 11.4. The number of hydrogen-bond donors (Lipinski definition) is 0. The van der Waals surface area contributed by atoms with Crippen molar-refractivity contribution < 1.29 is 9.66 Å². The van der Waals surface area contributed by atoms with Crippen molar-refractivity contribution in [1.29, 1.82) is 0 Å². The Morgan fingerprint density at radius 1 is 1.08 bits per heavy atom. The van der Waals surface area contributed by atoms with Crippen LogP contribution < -0.4 is 15.3 Å². The second-order valence-electron chi connectivity index (χ2n) is 6.19. The highest BCUT2D eigenvalue weighted by Crippen LogP contribution is 2.46. The summed E-state index contributed by atoms with van der Waals surface area (Å²) in [5, 5.41) is 13.0. The van der Waals surface area contributed by atoms with E-state index in [1.807, 2.05) is 45.0 Å². The van der Waals surface area contributed by atoms with Gasteiger partial charge in [0.1, 0.15) is 5.75 Å². The van der Waals surface area contributed by atoms with Gasteiger partial charge < -0.3 is 4.74 Å². The first kappa shape index (κ1) is 14.6. The summed E-state index contributed by atoms with van der Waals surface area (Å²) in [5.41, 5.74) is 2.94. The van der Waals surface area contributed by atoms with Crippen LogP contribution in [0.3, 0.4) is 0 Å². The maximum absolute atomic E-state index is 11.1. The van der Waals surface area contributed by atoms with E-state index in [1.54, 1.807) is 12.1 Å². The number of para-hydroxylation sites is 1. The molecule has 0 aliphatic carbocycles. The lowest BCUT2D eigenvalue weighted by molar-refractivity contribution is -0.384. The van der Waals surface area contributed by atoms with Crippen LogP contribution in [0.5, 0.6) is 5.75 Å². The van der Waals surface area contributed by atoms with E-state index >= 15 is 0 Å². The summed E-state index contributed by atoms with van der Waals surface area (Å²) >= 11 is 0. The number of allylic oxidation sites excluding steroid dienone is 1. The minimum atomic E-state index is -0.850. The zero-order valence-corrected chi connectivity index (χ0v) is 13.7. The van der Waals surface area contributed by atoms with Gasteiger partial charge >= 0.3 is 0 Å². The summed E-state index contributed by atoms with van der Waals surface area (Å²) in [4.78, 5) is 15.5. The summed E-state index contributed by atoms with van der Waals surface area (Å²) in [6, 6.07) is 12.7. The van der Waals surface area contributed by atoms with Gasteiger partial charge in [0.25, 0.3) is 5.69 Å². The molecular weight excluding hydrogens is 304 g/mol. The summed E-state index contributed by atoms with van der Waals surface area (Å²) < 4.78 is 6.31. The van der Waals surface area contributed by atoms with Gasteiger partial charge in [0.2, 0.25) is 5.72 Å². The Kier molecular flexibility index (Phi) is 2.91. The molecule has 1 unspecified atom stereocenters. The molecular formula is C19H16N2O3. The summed E-state index contributed by atoms with van der Waals surface area (Å²) in [7, 11) is 0. The predicted octanol–water partition coefficient (Wildman–Crippen LogP) is 2.98. The van der Waals surface area contributed by atoms with E-state index in [4.69, 9.17) is 9.73 Å². The zero-order valence-electron chi connectivity index (χ0n) is 13.7. The molecule has 0 amide bonds. The standard InChI is InChI=1S/C19H16N2O3/c1-11-12(2)19(13(3)15-6-4-5-7-17(15)20-19)24-18-9-8-14(21(22)23)10-16(11)18/h4-10H,1-3H3. The molecule has 0 saturated carbocycles. The van der Waals surface area contributed by atoms with Gasteiger partial charge in [-0.15, -0.1) is 0 Å². The van der Waals surface area contributed by atoms with E-state index in [2.05, 4.69) is 0 Å². The number of rotatable bonds is 1. The average molecular weight is 320 g/mol. The van der Waals surface area contributed by atoms with Crippen molar-refractivity contribution in [2.24, 2.45) is 4.99 Å². The quantitative estimate of drug-likeness (QED) is 0.599. The Morgan fingerprint density at radius 3 is 2.54 bits per heavy atom. The molecule has 2 heterocycles. The molecule has 0 radical (unpaired) electrons. The third-order valence-electron chi connectivity index (χ3n) is 5.00. The zero-order chi connectivity index (χ0) is 17.1. The third kappa shape index (κ3) is 1.78. The number of non-ortho nitro benzene ring substituents is 1. The lowest BCUT2D eigenvalue weighted by atomic mass is 9.87. The number of nitrogens with zero attached hydrogens (tertiary/aromatic N) is 2. The van der Waals surface area contributed by atoms with Gasteiger partial charge in [-0.05, 0) is 38.5 Å². The molecule has 5 heteroatoms. The van der Waals surface area contributed by atoms with Gasteiger partial charge in [-0.3, -0.25) is 10.1 Å². The minimum Gasteiger partial charge on any atom is -0.458 e. The molecule has 0 N–H and O–H groups in total. The lowest BCUT2D eigenvalue weighted by Gasteiger charge is -2.36. The van der Waals surface area contributed by atoms with Gasteiger partial charge in [-0.25, -0.2) is 4.99 Å². The molecule has 0 aromatic heterocycles. The van der Waals surface area contributed by atoms with Crippen molar-refractivity contribution in [1.82, 2.24) is 0 Å². The van der Waals surface area contributed by atoms with E-state index in [0.717, 1.165) is 32.9 Å². The monoisotopic (exact) mass is 320 g/mol. The second-order valence-corrected chi connectivity index (χ2v) is 6.19. The van der Waals surface area contributed by atoms with Crippen molar-refractivity contribution >= 4 is 16.8 Å². The van der Waals surface area contributed by atoms with Crippen molar-refractivity contribution in [2.75, 3.05) is 0 Å². The Bertz CT molecular complexity index is 1050. The number of nitro groups is 1. The Hall–Kier alpha value is -2.95. The van der Waals surface area contributed by atoms with E-state index in [1.165, 1.54) is 6.07 Å². The topological polar surface area (TPSA) is 64.7 Å². The molecule has 24 heavy (non-hydrogen) atoms. The molecule has 5 nitrogen and oxygen atoms in total. The van der Waals surface area contributed by atoms with Crippen molar-refractivity contribution in [3.8, 4) is 5.75 Å². The largest absolute Gasteiger partial charge is 0.458 e. The Labute approximate surface area is 138 Å². The number of hydrogen-bond acceptors (Lipinski definition) is 4. The number of nitro benzene ring substituents is 1. The third-order valence-corrected chi connectivity index (χ3v) is 5.00. The van der Waals surface area contributed by atoms with Crippen LogP contribution in [0.4, 0.5) is 5.69 Å². The molecule has 2 aromatic carbocycles. The number of fused-ring (bicyclic) bond motifs is 2. The molecule has 0 bridgehead atoms. The fourth-order valence-electron chi connectivity index (χ4n) is 3.49. The molecule has 1 spiro atoms. The van der Waals surface area contributed by atoms with E-state index in [-0.39, 0.29) is 10.6 Å². The second kappa shape index (κ2) is 4.77. The van der Waals surface area contributed by atoms with E-state index in [9.17, 15) is 10.1 Å². The molecule has 4 rings (SSSR count). The highest BCUT2D eigenvalue weighted by molar-refractivity contribution is 5.81. The Morgan fingerprint density at radius 2 is 1.83 bits per heavy atom. The smallest absolute Gasteiger partial charge is 0.270 e. The number of benzene rings is 2. The fourth-order valence-corrected chi connectivity index (χ4v) is 3.49. The van der Waals surface area contributed by atoms with Crippen LogP contribution in [0, 0.1) is 10.1 Å². The summed E-state index contributed by atoms with van der Waals surface area (Å²) in [5.74, 6) is 0.625. The van der Waals surface area contributed by atoms with Crippen LogP contribution in [-0.4, -0.2) is 10.6 Å². The van der Waals surface area contributed by atoms with Crippen LogP contribution in [-0.2, 0) is 0 Å². The Balaban J connectivity index is 1.98. The van der Waals surface area contributed by atoms with Gasteiger partial charge in [0.15, 0.2) is 0 Å². The molecule has 1 atom stereocenters. The predicted molar refractivity (Wildman–Crippen MR) is 91.0 cm³/mol. The molecule has 2 aliphatic heterocycles. The molecule has 0 saturated heterocycles. The van der Waals surface area contributed by atoms with Crippen LogP contribution in [0.1, 0.15) is 26.3 Å². The SMILES string of the molecule is CC1=C(C)C2(N=c3ccccc3=C2C)Oc2ccc([N+](=O)[O-])cc21. The molecule has 120 valence electrons. The van der Waals surface area contributed by atoms with Crippen molar-refractivity contribution in [3.63, 3.8) is 0 Å². The van der Waals surface area contributed by atoms with Gasteiger partial charge in [0.05, 0.1) is 10.3 Å². The van der Waals surface area contributed by atoms with Crippen molar-refractivity contribution in [2.45, 2.75) is 26.5 Å². The summed E-state index contributed by atoms with van der Waals surface area (Å²) in [6.45, 7) is 5.98. The first-order valence-electron chi connectivity index (χ1n) is 7.76. The van der Waals surface area contributed by atoms with Crippen molar-refractivity contribution in [3.05, 3.63) is 74.3 Å². The van der Waals surface area contributed by atoms with Crippen LogP contribution in [0.15, 0.2) is 53.0 Å². The maximum Gasteiger partial charge on any atom is 0.270 e. The molecule has 2 aromatic rings. The average Bonchev–Trinajstić information content (AvgIpc) is 2.86. The van der Waals surface area contributed by atoms with E-state index in [0.29, 0.717) is 5.75 Å². The number of ether oxygens (including phenoxy) is 1. The van der Waals surface area contributed by atoms with Gasteiger partial charge in [-0.1, -0.05) is 18.2 Å².